The van der Waals surface area contributed by atoms with E-state index in [4.69, 9.17) is 0 Å². The van der Waals surface area contributed by atoms with Gasteiger partial charge in [-0.1, -0.05) is 0 Å². The molecule has 9 nitrogen and oxygen atoms in total. The highest BCUT2D eigenvalue weighted by atomic mass is 16.2. The third kappa shape index (κ3) is 3.32. The Hall–Kier alpha value is -2.97. The average molecular weight is 292 g/mol. The molecule has 2 aromatic heterocycles. The highest BCUT2D eigenvalue weighted by Gasteiger charge is 2.08. The molecule has 0 fully saturated rings. The summed E-state index contributed by atoms with van der Waals surface area (Å²) in [5.74, 6) is -0.433. The van der Waals surface area contributed by atoms with Gasteiger partial charge in [0.05, 0.1) is 13.1 Å². The number of ketones is 1. The molecular weight excluding hydrogens is 280 g/mol. The fourth-order valence-electron chi connectivity index (χ4n) is 1.73. The first-order valence-corrected chi connectivity index (χ1v) is 5.98. The van der Waals surface area contributed by atoms with Crippen molar-refractivity contribution in [1.29, 1.82) is 0 Å². The molecule has 110 valence electrons. The smallest absolute Gasteiger partial charge is 0.296 e. The minimum atomic E-state index is -0.708. The minimum Gasteiger partial charge on any atom is -0.296 e. The molecule has 0 aliphatic rings. The van der Waals surface area contributed by atoms with Crippen molar-refractivity contribution in [3.63, 3.8) is 0 Å². The van der Waals surface area contributed by atoms with E-state index in [0.29, 0.717) is 5.56 Å². The van der Waals surface area contributed by atoms with Gasteiger partial charge in [0.2, 0.25) is 0 Å². The second-order valence-electron chi connectivity index (χ2n) is 4.48. The van der Waals surface area contributed by atoms with E-state index in [1.165, 1.54) is 19.3 Å². The fraction of sp³-hybridized carbons (Fsp3) is 0.250. The summed E-state index contributed by atoms with van der Waals surface area (Å²) < 4.78 is 2.07. The zero-order valence-electron chi connectivity index (χ0n) is 11.1. The molecule has 2 rings (SSSR count). The number of rotatable bonds is 4. The molecule has 0 bridgehead atoms. The molecule has 2 heterocycles. The summed E-state index contributed by atoms with van der Waals surface area (Å²) in [5.41, 5.74) is -2.19. The van der Waals surface area contributed by atoms with Gasteiger partial charge in [0.25, 0.3) is 11.1 Å². The van der Waals surface area contributed by atoms with Crippen molar-refractivity contribution in [2.75, 3.05) is 0 Å². The highest BCUT2D eigenvalue weighted by Crippen LogP contribution is 1.88. The van der Waals surface area contributed by atoms with Crippen LogP contribution in [-0.2, 0) is 17.9 Å². The number of nitrogens with one attached hydrogen (secondary N) is 2. The van der Waals surface area contributed by atoms with Gasteiger partial charge in [-0.3, -0.25) is 33.5 Å². The first-order valence-electron chi connectivity index (χ1n) is 5.98. The number of aryl methyl sites for hydroxylation is 1. The summed E-state index contributed by atoms with van der Waals surface area (Å²) in [6, 6.07) is 1.12. The number of H-pyrrole nitrogens is 2. The molecule has 21 heavy (non-hydrogen) atoms. The average Bonchev–Trinajstić information content (AvgIpc) is 2.39. The number of nitrogens with zero attached hydrogens (tertiary/aromatic N) is 2. The van der Waals surface area contributed by atoms with Crippen LogP contribution >= 0.6 is 0 Å². The first-order chi connectivity index (χ1) is 9.86. The number of carbonyl (C=O) groups excluding carboxylic acids is 1. The van der Waals surface area contributed by atoms with E-state index >= 15 is 0 Å². The van der Waals surface area contributed by atoms with E-state index < -0.39 is 28.3 Å². The second kappa shape index (κ2) is 5.57. The molecule has 0 saturated heterocycles. The van der Waals surface area contributed by atoms with Crippen LogP contribution in [0.15, 0.2) is 37.6 Å². The lowest BCUT2D eigenvalue weighted by atomic mass is 10.3. The van der Waals surface area contributed by atoms with Crippen LogP contribution < -0.4 is 22.5 Å². The zero-order chi connectivity index (χ0) is 15.6. The van der Waals surface area contributed by atoms with Crippen molar-refractivity contribution in [3.05, 3.63) is 65.7 Å². The zero-order valence-corrected chi connectivity index (χ0v) is 11.1. The van der Waals surface area contributed by atoms with Crippen LogP contribution in [0.3, 0.4) is 0 Å². The third-order valence-electron chi connectivity index (χ3n) is 2.78. The number of hydrogen-bond donors (Lipinski definition) is 2. The van der Waals surface area contributed by atoms with E-state index in [1.54, 1.807) is 0 Å². The number of aromatic nitrogens is 4. The van der Waals surface area contributed by atoms with Gasteiger partial charge in [-0.05, 0) is 6.92 Å². The lowest BCUT2D eigenvalue weighted by Gasteiger charge is -2.06. The minimum absolute atomic E-state index is 0.290. The van der Waals surface area contributed by atoms with E-state index in [2.05, 4.69) is 4.98 Å². The third-order valence-corrected chi connectivity index (χ3v) is 2.78. The normalized spacial score (nSPS) is 10.5. The van der Waals surface area contributed by atoms with Gasteiger partial charge in [0.15, 0.2) is 5.78 Å². The quantitative estimate of drug-likeness (QED) is 0.671. The molecule has 0 atom stereocenters. The molecule has 0 aromatic carbocycles. The molecule has 0 radical (unpaired) electrons. The first kappa shape index (κ1) is 14.4. The Kier molecular flexibility index (Phi) is 3.83. The van der Waals surface area contributed by atoms with Crippen LogP contribution in [0.2, 0.25) is 0 Å². The molecule has 0 unspecified atom stereocenters. The van der Waals surface area contributed by atoms with Gasteiger partial charge in [-0.2, -0.15) is 0 Å². The molecule has 9 heteroatoms. The van der Waals surface area contributed by atoms with E-state index in [0.717, 1.165) is 15.2 Å². The lowest BCUT2D eigenvalue weighted by molar-refractivity contribution is -0.120. The molecule has 0 aliphatic heterocycles. The van der Waals surface area contributed by atoms with Crippen LogP contribution in [0.4, 0.5) is 0 Å². The Morgan fingerprint density at radius 2 is 1.67 bits per heavy atom. The van der Waals surface area contributed by atoms with Gasteiger partial charge in [0.1, 0.15) is 0 Å². The van der Waals surface area contributed by atoms with Crippen LogP contribution in [0.25, 0.3) is 0 Å². The van der Waals surface area contributed by atoms with Crippen molar-refractivity contribution in [3.8, 4) is 0 Å². The Balaban J connectivity index is 2.21. The maximum atomic E-state index is 11.9. The van der Waals surface area contributed by atoms with Gasteiger partial charge in [-0.25, -0.2) is 9.59 Å². The van der Waals surface area contributed by atoms with E-state index in [1.807, 2.05) is 4.98 Å². The number of hydrogen-bond acceptors (Lipinski definition) is 5. The molecule has 2 N–H and O–H groups in total. The summed E-state index contributed by atoms with van der Waals surface area (Å²) in [7, 11) is 0. The molecule has 2 aromatic rings. The van der Waals surface area contributed by atoms with Crippen LogP contribution in [0.1, 0.15) is 5.56 Å². The van der Waals surface area contributed by atoms with Gasteiger partial charge < -0.3 is 0 Å². The Morgan fingerprint density at radius 3 is 2.33 bits per heavy atom. The predicted molar refractivity (Wildman–Crippen MR) is 72.4 cm³/mol. The van der Waals surface area contributed by atoms with Gasteiger partial charge in [0, 0.05) is 24.0 Å². The maximum Gasteiger partial charge on any atom is 0.328 e. The van der Waals surface area contributed by atoms with Crippen LogP contribution in [0, 0.1) is 6.92 Å². The largest absolute Gasteiger partial charge is 0.328 e. The number of Topliss-reactive ketones (excluding diaryl/α,β-unsaturated/α-hetero) is 1. The molecule has 0 aliphatic carbocycles. The molecule has 0 saturated carbocycles. The Labute approximate surface area is 116 Å². The van der Waals surface area contributed by atoms with Crippen molar-refractivity contribution in [1.82, 2.24) is 19.1 Å². The SMILES string of the molecule is Cc1cn(CC(=O)Cn2ccc(=O)[nH]c2=O)c(=O)[nH]c1=O. The van der Waals surface area contributed by atoms with E-state index in [-0.39, 0.29) is 13.1 Å². The molecule has 0 spiro atoms. The number of carbonyl (C=O) groups is 1. The summed E-state index contributed by atoms with van der Waals surface area (Å²) in [5, 5.41) is 0. The van der Waals surface area contributed by atoms with Crippen molar-refractivity contribution in [2.45, 2.75) is 20.0 Å². The number of aromatic amines is 2. The Morgan fingerprint density at radius 1 is 1.05 bits per heavy atom. The predicted octanol–water partition coefficient (Wildman–Crippen LogP) is -2.04. The topological polar surface area (TPSA) is 127 Å². The van der Waals surface area contributed by atoms with Gasteiger partial charge in [-0.15, -0.1) is 0 Å². The maximum absolute atomic E-state index is 11.9. The summed E-state index contributed by atoms with van der Waals surface area (Å²) in [6.45, 7) is 0.925. The monoisotopic (exact) mass is 292 g/mol. The second-order valence-corrected chi connectivity index (χ2v) is 4.48. The fourth-order valence-corrected chi connectivity index (χ4v) is 1.73. The molecule has 0 amide bonds. The standard InChI is InChI=1S/C12H12N4O5/c1-7-4-16(12(21)14-10(7)19)6-8(17)5-15-3-2-9(18)13-11(15)20/h2-4H,5-6H2,1H3,(H,13,18,20)(H,14,19,21). The van der Waals surface area contributed by atoms with Crippen LogP contribution in [0.5, 0.6) is 0 Å². The highest BCUT2D eigenvalue weighted by molar-refractivity contribution is 5.77. The Bertz CT molecular complexity index is 914. The summed E-state index contributed by atoms with van der Waals surface area (Å²) >= 11 is 0. The van der Waals surface area contributed by atoms with Crippen molar-refractivity contribution >= 4 is 5.78 Å². The van der Waals surface area contributed by atoms with Crippen LogP contribution in [-0.4, -0.2) is 24.9 Å². The van der Waals surface area contributed by atoms with Crippen molar-refractivity contribution < 1.29 is 4.79 Å². The van der Waals surface area contributed by atoms with E-state index in [9.17, 15) is 24.0 Å². The van der Waals surface area contributed by atoms with Crippen molar-refractivity contribution in [2.24, 2.45) is 0 Å². The van der Waals surface area contributed by atoms with Gasteiger partial charge >= 0.3 is 11.4 Å². The lowest BCUT2D eigenvalue weighted by Crippen LogP contribution is -2.35. The summed E-state index contributed by atoms with van der Waals surface area (Å²) in [4.78, 5) is 61.0. The summed E-state index contributed by atoms with van der Waals surface area (Å²) in [6.07, 6.45) is 2.47. The molecular formula is C12H12N4O5.